The molecule has 1 aliphatic rings. The van der Waals surface area contributed by atoms with Gasteiger partial charge >= 0.3 is 0 Å². The Morgan fingerprint density at radius 3 is 2.78 bits per heavy atom. The normalized spacial score (nSPS) is 21.6. The highest BCUT2D eigenvalue weighted by molar-refractivity contribution is 7.89. The Morgan fingerprint density at radius 1 is 1.50 bits per heavy atom. The van der Waals surface area contributed by atoms with Gasteiger partial charge in [-0.2, -0.15) is 4.31 Å². The molecule has 0 bridgehead atoms. The summed E-state index contributed by atoms with van der Waals surface area (Å²) in [6, 6.07) is 0. The van der Waals surface area contributed by atoms with Crippen molar-refractivity contribution in [2.75, 3.05) is 26.7 Å². The molecule has 0 saturated carbocycles. The van der Waals surface area contributed by atoms with Crippen LogP contribution in [0.1, 0.15) is 17.9 Å². The lowest BCUT2D eigenvalue weighted by Crippen LogP contribution is -2.31. The third-order valence-corrected chi connectivity index (χ3v) is 5.42. The molecule has 0 aliphatic carbocycles. The number of hydrogen-bond acceptors (Lipinski definition) is 5. The minimum atomic E-state index is -3.46. The van der Waals surface area contributed by atoms with Crippen molar-refractivity contribution in [1.29, 1.82) is 0 Å². The van der Waals surface area contributed by atoms with E-state index in [4.69, 9.17) is 4.52 Å². The summed E-state index contributed by atoms with van der Waals surface area (Å²) in [6.07, 6.45) is 0.892. The average Bonchev–Trinajstić information content (AvgIpc) is 2.87. The van der Waals surface area contributed by atoms with Gasteiger partial charge in [-0.05, 0) is 39.8 Å². The lowest BCUT2D eigenvalue weighted by molar-refractivity contribution is 0.389. The summed E-state index contributed by atoms with van der Waals surface area (Å²) < 4.78 is 31.5. The number of aromatic nitrogens is 1. The first-order valence-electron chi connectivity index (χ1n) is 6.04. The Hall–Kier alpha value is -0.920. The van der Waals surface area contributed by atoms with Crippen LogP contribution in [0.25, 0.3) is 0 Å². The molecule has 1 aromatic heterocycles. The first-order valence-corrected chi connectivity index (χ1v) is 7.48. The van der Waals surface area contributed by atoms with E-state index in [1.807, 2.05) is 7.05 Å². The summed E-state index contributed by atoms with van der Waals surface area (Å²) in [5.41, 5.74) is 0.435. The van der Waals surface area contributed by atoms with Gasteiger partial charge in [0.05, 0.1) is 0 Å². The molecule has 0 radical (unpaired) electrons. The Labute approximate surface area is 107 Å². The quantitative estimate of drug-likeness (QED) is 0.865. The summed E-state index contributed by atoms with van der Waals surface area (Å²) in [7, 11) is -1.58. The van der Waals surface area contributed by atoms with Gasteiger partial charge in [0, 0.05) is 13.1 Å². The van der Waals surface area contributed by atoms with Crippen molar-refractivity contribution in [3.8, 4) is 0 Å². The molecule has 18 heavy (non-hydrogen) atoms. The molecule has 6 nitrogen and oxygen atoms in total. The summed E-state index contributed by atoms with van der Waals surface area (Å²) >= 11 is 0. The summed E-state index contributed by atoms with van der Waals surface area (Å²) in [4.78, 5) is 0.229. The van der Waals surface area contributed by atoms with Crippen molar-refractivity contribution in [1.82, 2.24) is 14.8 Å². The fourth-order valence-corrected chi connectivity index (χ4v) is 4.26. The van der Waals surface area contributed by atoms with Crippen LogP contribution < -0.4 is 5.32 Å². The lowest BCUT2D eigenvalue weighted by atomic mass is 10.1. The van der Waals surface area contributed by atoms with Crippen LogP contribution in [-0.4, -0.2) is 44.6 Å². The minimum absolute atomic E-state index is 0.229. The van der Waals surface area contributed by atoms with Crippen LogP contribution in [0, 0.1) is 19.8 Å². The molecule has 1 aliphatic heterocycles. The van der Waals surface area contributed by atoms with Gasteiger partial charge in [-0.3, -0.25) is 0 Å². The van der Waals surface area contributed by atoms with E-state index in [1.165, 1.54) is 4.31 Å². The zero-order valence-electron chi connectivity index (χ0n) is 10.9. The summed E-state index contributed by atoms with van der Waals surface area (Å²) in [5.74, 6) is 0.745. The molecular weight excluding hydrogens is 254 g/mol. The zero-order valence-corrected chi connectivity index (χ0v) is 11.7. The zero-order chi connectivity index (χ0) is 13.3. The van der Waals surface area contributed by atoms with Gasteiger partial charge in [-0.1, -0.05) is 5.16 Å². The molecule has 1 atom stereocenters. The van der Waals surface area contributed by atoms with Crippen molar-refractivity contribution >= 4 is 10.0 Å². The van der Waals surface area contributed by atoms with E-state index in [9.17, 15) is 8.42 Å². The Kier molecular flexibility index (Phi) is 3.74. The largest absolute Gasteiger partial charge is 0.360 e. The molecule has 0 spiro atoms. The first kappa shape index (κ1) is 13.5. The third kappa shape index (κ3) is 2.30. The van der Waals surface area contributed by atoms with E-state index >= 15 is 0 Å². The highest BCUT2D eigenvalue weighted by atomic mass is 32.2. The Morgan fingerprint density at radius 2 is 2.22 bits per heavy atom. The van der Waals surface area contributed by atoms with E-state index < -0.39 is 10.0 Å². The molecule has 1 saturated heterocycles. The molecule has 1 unspecified atom stereocenters. The van der Waals surface area contributed by atoms with Crippen LogP contribution in [-0.2, 0) is 10.0 Å². The van der Waals surface area contributed by atoms with Gasteiger partial charge in [0.1, 0.15) is 10.6 Å². The number of hydrogen-bond donors (Lipinski definition) is 1. The molecule has 1 N–H and O–H groups in total. The van der Waals surface area contributed by atoms with E-state index in [-0.39, 0.29) is 4.90 Å². The molecule has 0 amide bonds. The SMILES string of the molecule is CNCC1CCN(S(=O)(=O)c2c(C)noc2C)C1. The fraction of sp³-hybridized carbons (Fsp3) is 0.727. The van der Waals surface area contributed by atoms with E-state index in [2.05, 4.69) is 10.5 Å². The van der Waals surface area contributed by atoms with Crippen LogP contribution in [0.4, 0.5) is 0 Å². The molecule has 2 heterocycles. The predicted octanol–water partition coefficient (Wildman–Crippen LogP) is 0.521. The summed E-state index contributed by atoms with van der Waals surface area (Å²) in [6.45, 7) is 5.26. The number of nitrogens with one attached hydrogen (secondary N) is 1. The van der Waals surface area contributed by atoms with Crippen molar-refractivity contribution in [2.24, 2.45) is 5.92 Å². The van der Waals surface area contributed by atoms with Crippen molar-refractivity contribution in [3.63, 3.8) is 0 Å². The second kappa shape index (κ2) is 4.99. The topological polar surface area (TPSA) is 75.4 Å². The number of nitrogens with zero attached hydrogens (tertiary/aromatic N) is 2. The number of aryl methyl sites for hydroxylation is 2. The van der Waals surface area contributed by atoms with Gasteiger partial charge in [-0.15, -0.1) is 0 Å². The maximum Gasteiger partial charge on any atom is 0.248 e. The Bertz CT molecular complexity index is 504. The molecule has 102 valence electrons. The number of rotatable bonds is 4. The molecule has 0 aromatic carbocycles. The molecule has 7 heteroatoms. The smallest absolute Gasteiger partial charge is 0.248 e. The monoisotopic (exact) mass is 273 g/mol. The van der Waals surface area contributed by atoms with Gasteiger partial charge in [-0.25, -0.2) is 8.42 Å². The second-order valence-electron chi connectivity index (χ2n) is 4.73. The van der Waals surface area contributed by atoms with Crippen molar-refractivity contribution in [3.05, 3.63) is 11.5 Å². The molecule has 2 rings (SSSR count). The van der Waals surface area contributed by atoms with E-state index in [0.29, 0.717) is 30.5 Å². The lowest BCUT2D eigenvalue weighted by Gasteiger charge is -2.16. The van der Waals surface area contributed by atoms with Crippen LogP contribution in [0.5, 0.6) is 0 Å². The number of sulfonamides is 1. The second-order valence-corrected chi connectivity index (χ2v) is 6.60. The van der Waals surface area contributed by atoms with Crippen molar-refractivity contribution < 1.29 is 12.9 Å². The van der Waals surface area contributed by atoms with Gasteiger partial charge in [0.25, 0.3) is 0 Å². The van der Waals surface area contributed by atoms with Gasteiger partial charge in [0.2, 0.25) is 10.0 Å². The van der Waals surface area contributed by atoms with Crippen LogP contribution in [0.15, 0.2) is 9.42 Å². The first-order chi connectivity index (χ1) is 8.46. The highest BCUT2D eigenvalue weighted by Crippen LogP contribution is 2.27. The van der Waals surface area contributed by atoms with Gasteiger partial charge < -0.3 is 9.84 Å². The average molecular weight is 273 g/mol. The highest BCUT2D eigenvalue weighted by Gasteiger charge is 2.35. The van der Waals surface area contributed by atoms with Crippen LogP contribution >= 0.6 is 0 Å². The maximum absolute atomic E-state index is 12.5. The Balaban J connectivity index is 2.23. The van der Waals surface area contributed by atoms with E-state index in [1.54, 1.807) is 13.8 Å². The predicted molar refractivity (Wildman–Crippen MR) is 66.8 cm³/mol. The maximum atomic E-state index is 12.5. The summed E-state index contributed by atoms with van der Waals surface area (Å²) in [5, 5.41) is 6.80. The molecule has 1 aromatic rings. The minimum Gasteiger partial charge on any atom is -0.360 e. The standard InChI is InChI=1S/C11H19N3O3S/c1-8-11(9(2)17-13-8)18(15,16)14-5-4-10(7-14)6-12-3/h10,12H,4-7H2,1-3H3. The third-order valence-electron chi connectivity index (χ3n) is 3.31. The molecule has 1 fully saturated rings. The van der Waals surface area contributed by atoms with Crippen LogP contribution in [0.3, 0.4) is 0 Å². The van der Waals surface area contributed by atoms with Crippen molar-refractivity contribution in [2.45, 2.75) is 25.2 Å². The molecular formula is C11H19N3O3S. The van der Waals surface area contributed by atoms with E-state index in [0.717, 1.165) is 13.0 Å². The van der Waals surface area contributed by atoms with Gasteiger partial charge in [0.15, 0.2) is 5.76 Å². The fourth-order valence-electron chi connectivity index (χ4n) is 2.44. The van der Waals surface area contributed by atoms with Crippen LogP contribution in [0.2, 0.25) is 0 Å².